The Kier molecular flexibility index (Phi) is 12.5. The summed E-state index contributed by atoms with van der Waals surface area (Å²) in [5.74, 6) is -0.445. The molecule has 0 aliphatic carbocycles. The Bertz CT molecular complexity index is 1780. The topological polar surface area (TPSA) is 105 Å². The molecule has 0 spiro atoms. The molecule has 0 fully saturated rings. The number of carbonyl (C=O) groups is 2. The van der Waals surface area contributed by atoms with E-state index in [-0.39, 0.29) is 40.2 Å². The number of amides is 2. The van der Waals surface area contributed by atoms with E-state index < -0.39 is 28.5 Å². The number of rotatable bonds is 15. The maximum Gasteiger partial charge on any atom is 0.264 e. The lowest BCUT2D eigenvalue weighted by molar-refractivity contribution is -0.140. The van der Waals surface area contributed by atoms with E-state index in [0.717, 1.165) is 9.87 Å². The molecule has 1 atom stereocenters. The Morgan fingerprint density at radius 1 is 0.830 bits per heavy atom. The van der Waals surface area contributed by atoms with Crippen molar-refractivity contribution < 1.29 is 27.5 Å². The van der Waals surface area contributed by atoms with Crippen LogP contribution >= 0.6 is 23.2 Å². The molecule has 0 saturated heterocycles. The zero-order valence-electron chi connectivity index (χ0n) is 26.4. The van der Waals surface area contributed by atoms with Crippen LogP contribution in [-0.2, 0) is 32.6 Å². The largest absolute Gasteiger partial charge is 0.497 e. The summed E-state index contributed by atoms with van der Waals surface area (Å²) < 4.78 is 40.5. The fraction of sp³-hybridized carbons (Fsp3) is 0.257. The molecular weight excluding hydrogens is 661 g/mol. The van der Waals surface area contributed by atoms with Gasteiger partial charge in [0.1, 0.15) is 24.1 Å². The van der Waals surface area contributed by atoms with Crippen molar-refractivity contribution in [3.63, 3.8) is 0 Å². The predicted octanol–water partition coefficient (Wildman–Crippen LogP) is 6.37. The van der Waals surface area contributed by atoms with Crippen LogP contribution in [0.5, 0.6) is 11.5 Å². The van der Waals surface area contributed by atoms with Gasteiger partial charge in [-0.3, -0.25) is 13.9 Å². The Morgan fingerprint density at radius 3 is 2.13 bits per heavy atom. The van der Waals surface area contributed by atoms with Crippen LogP contribution in [0.3, 0.4) is 0 Å². The SMILES string of the molecule is CCCNC(=O)[C@@H](Cc1ccccc1)N(Cc1ccc(Cl)c(Cl)c1)C(=O)CN(c1cc(OC)ccc1OC)S(=O)(=O)c1ccccc1. The van der Waals surface area contributed by atoms with Crippen LogP contribution in [0.25, 0.3) is 0 Å². The summed E-state index contributed by atoms with van der Waals surface area (Å²) in [6.07, 6.45) is 0.862. The highest BCUT2D eigenvalue weighted by Crippen LogP contribution is 2.36. The molecule has 2 amide bonds. The average molecular weight is 699 g/mol. The number of benzene rings is 4. The zero-order valence-corrected chi connectivity index (χ0v) is 28.7. The van der Waals surface area contributed by atoms with Gasteiger partial charge in [-0.1, -0.05) is 84.7 Å². The number of methoxy groups -OCH3 is 2. The molecular formula is C35H37Cl2N3O6S. The molecule has 0 bridgehead atoms. The van der Waals surface area contributed by atoms with Crippen molar-refractivity contribution >= 4 is 50.7 Å². The Hall–Kier alpha value is -4.25. The lowest BCUT2D eigenvalue weighted by atomic mass is 10.0. The number of anilines is 1. The second-order valence-electron chi connectivity index (χ2n) is 10.6. The highest BCUT2D eigenvalue weighted by molar-refractivity contribution is 7.92. The van der Waals surface area contributed by atoms with Gasteiger partial charge in [-0.05, 0) is 53.9 Å². The number of carbonyl (C=O) groups excluding carboxylic acids is 2. The van der Waals surface area contributed by atoms with Gasteiger partial charge in [0.15, 0.2) is 0 Å². The van der Waals surface area contributed by atoms with Gasteiger partial charge < -0.3 is 19.7 Å². The van der Waals surface area contributed by atoms with E-state index in [1.807, 2.05) is 37.3 Å². The number of hydrogen-bond donors (Lipinski definition) is 1. The van der Waals surface area contributed by atoms with Gasteiger partial charge in [0, 0.05) is 25.6 Å². The minimum absolute atomic E-state index is 0.0322. The fourth-order valence-corrected chi connectivity index (χ4v) is 6.74. The van der Waals surface area contributed by atoms with E-state index >= 15 is 0 Å². The molecule has 12 heteroatoms. The van der Waals surface area contributed by atoms with Crippen molar-refractivity contribution in [1.82, 2.24) is 10.2 Å². The second kappa shape index (κ2) is 16.5. The maximum absolute atomic E-state index is 14.6. The molecule has 4 aromatic rings. The van der Waals surface area contributed by atoms with Crippen LogP contribution in [-0.4, -0.2) is 58.5 Å². The van der Waals surface area contributed by atoms with Crippen LogP contribution in [0.15, 0.2) is 102 Å². The normalized spacial score (nSPS) is 11.8. The first-order valence-corrected chi connectivity index (χ1v) is 17.1. The third kappa shape index (κ3) is 8.97. The van der Waals surface area contributed by atoms with Gasteiger partial charge in [0.25, 0.3) is 10.0 Å². The Balaban J connectivity index is 1.86. The first-order chi connectivity index (χ1) is 22.6. The van der Waals surface area contributed by atoms with Crippen molar-refractivity contribution in [2.45, 2.75) is 37.2 Å². The smallest absolute Gasteiger partial charge is 0.264 e. The quantitative estimate of drug-likeness (QED) is 0.155. The molecule has 0 aliphatic rings. The van der Waals surface area contributed by atoms with E-state index in [4.69, 9.17) is 32.7 Å². The summed E-state index contributed by atoms with van der Waals surface area (Å²) in [4.78, 5) is 29.8. The molecule has 0 aromatic heterocycles. The number of halogens is 2. The van der Waals surface area contributed by atoms with Gasteiger partial charge in [0.2, 0.25) is 11.8 Å². The first-order valence-electron chi connectivity index (χ1n) is 14.9. The summed E-state index contributed by atoms with van der Waals surface area (Å²) in [6.45, 7) is 1.61. The van der Waals surface area contributed by atoms with E-state index in [1.165, 1.54) is 37.3 Å². The van der Waals surface area contributed by atoms with Crippen LogP contribution < -0.4 is 19.1 Å². The third-order valence-corrected chi connectivity index (χ3v) is 9.94. The molecule has 0 aliphatic heterocycles. The predicted molar refractivity (Wildman–Crippen MR) is 185 cm³/mol. The minimum Gasteiger partial charge on any atom is -0.497 e. The molecule has 0 unspecified atom stereocenters. The van der Waals surface area contributed by atoms with E-state index in [1.54, 1.807) is 48.5 Å². The molecule has 4 rings (SSSR count). The van der Waals surface area contributed by atoms with E-state index in [0.29, 0.717) is 29.3 Å². The highest BCUT2D eigenvalue weighted by atomic mass is 35.5. The number of sulfonamides is 1. The van der Waals surface area contributed by atoms with Crippen molar-refractivity contribution in [2.24, 2.45) is 0 Å². The van der Waals surface area contributed by atoms with E-state index in [2.05, 4.69) is 5.32 Å². The summed E-state index contributed by atoms with van der Waals surface area (Å²) in [5, 5.41) is 3.53. The van der Waals surface area contributed by atoms with Crippen LogP contribution in [0.1, 0.15) is 24.5 Å². The molecule has 9 nitrogen and oxygen atoms in total. The average Bonchev–Trinajstić information content (AvgIpc) is 3.09. The van der Waals surface area contributed by atoms with Crippen molar-refractivity contribution in [2.75, 3.05) is 31.6 Å². The van der Waals surface area contributed by atoms with Crippen LogP contribution in [0.2, 0.25) is 10.0 Å². The lowest BCUT2D eigenvalue weighted by Crippen LogP contribution is -2.53. The number of hydrogen-bond acceptors (Lipinski definition) is 6. The zero-order chi connectivity index (χ0) is 34.0. The standard InChI is InChI=1S/C35H37Cl2N3O6S/c1-4-19-38-35(42)32(21-25-11-7-5-8-12-25)39(23-26-15-17-29(36)30(37)20-26)34(41)24-40(47(43,44)28-13-9-6-10-14-28)31-22-27(45-2)16-18-33(31)46-3/h5-18,20,22,32H,4,19,21,23-24H2,1-3H3,(H,38,42)/t32-/m1/s1. The van der Waals surface area contributed by atoms with Crippen molar-refractivity contribution in [3.8, 4) is 11.5 Å². The van der Waals surface area contributed by atoms with E-state index in [9.17, 15) is 18.0 Å². The third-order valence-electron chi connectivity index (χ3n) is 7.42. The van der Waals surface area contributed by atoms with Gasteiger partial charge in [-0.25, -0.2) is 8.42 Å². The van der Waals surface area contributed by atoms with Gasteiger partial charge in [-0.2, -0.15) is 0 Å². The first kappa shape index (κ1) is 35.6. The summed E-state index contributed by atoms with van der Waals surface area (Å²) in [6, 6.07) is 25.7. The van der Waals surface area contributed by atoms with Gasteiger partial charge in [0.05, 0.1) is 34.8 Å². The second-order valence-corrected chi connectivity index (χ2v) is 13.3. The lowest BCUT2D eigenvalue weighted by Gasteiger charge is -2.34. The fourth-order valence-electron chi connectivity index (χ4n) is 4.98. The minimum atomic E-state index is -4.33. The summed E-state index contributed by atoms with van der Waals surface area (Å²) in [5.41, 5.74) is 1.51. The van der Waals surface area contributed by atoms with Crippen molar-refractivity contribution in [1.29, 1.82) is 0 Å². The Morgan fingerprint density at radius 2 is 1.51 bits per heavy atom. The molecule has 0 saturated carbocycles. The highest BCUT2D eigenvalue weighted by Gasteiger charge is 2.35. The summed E-state index contributed by atoms with van der Waals surface area (Å²) >= 11 is 12.5. The molecule has 4 aromatic carbocycles. The number of nitrogens with zero attached hydrogens (tertiary/aromatic N) is 2. The monoisotopic (exact) mass is 697 g/mol. The van der Waals surface area contributed by atoms with Gasteiger partial charge in [-0.15, -0.1) is 0 Å². The van der Waals surface area contributed by atoms with Crippen molar-refractivity contribution in [3.05, 3.63) is 118 Å². The van der Waals surface area contributed by atoms with Gasteiger partial charge >= 0.3 is 0 Å². The molecule has 0 heterocycles. The van der Waals surface area contributed by atoms with Crippen LogP contribution in [0.4, 0.5) is 5.69 Å². The molecule has 248 valence electrons. The Labute approximate surface area is 286 Å². The maximum atomic E-state index is 14.6. The molecule has 0 radical (unpaired) electrons. The number of nitrogens with one attached hydrogen (secondary N) is 1. The molecule has 47 heavy (non-hydrogen) atoms. The molecule has 1 N–H and O–H groups in total. The number of ether oxygens (including phenoxy) is 2. The summed E-state index contributed by atoms with van der Waals surface area (Å²) in [7, 11) is -1.47. The van der Waals surface area contributed by atoms with Crippen LogP contribution in [0, 0.1) is 0 Å².